The summed E-state index contributed by atoms with van der Waals surface area (Å²) in [5, 5.41) is 2.72. The third-order valence-corrected chi connectivity index (χ3v) is 2.85. The zero-order chi connectivity index (χ0) is 15.6. The number of nitroso groups, excluding NO2 is 1. The number of benzene rings is 2. The molecule has 0 spiro atoms. The summed E-state index contributed by atoms with van der Waals surface area (Å²) in [5.74, 6) is -0.756. The van der Waals surface area contributed by atoms with Gasteiger partial charge in [0.2, 0.25) is 5.91 Å². The third kappa shape index (κ3) is 3.25. The Morgan fingerprint density at radius 3 is 2.10 bits per heavy atom. The van der Waals surface area contributed by atoms with E-state index in [1.807, 2.05) is 0 Å². The minimum atomic E-state index is -4.43. The highest BCUT2D eigenvalue weighted by atomic mass is 19.4. The number of primary amides is 1. The second kappa shape index (κ2) is 5.35. The number of carbonyl (C=O) groups is 1. The van der Waals surface area contributed by atoms with Gasteiger partial charge in [-0.15, -0.1) is 4.91 Å². The molecule has 0 radical (unpaired) electrons. The van der Waals surface area contributed by atoms with Gasteiger partial charge >= 0.3 is 6.18 Å². The van der Waals surface area contributed by atoms with Crippen LogP contribution in [0.2, 0.25) is 0 Å². The predicted octanol–water partition coefficient (Wildman–Crippen LogP) is 3.87. The van der Waals surface area contributed by atoms with Crippen molar-refractivity contribution < 1.29 is 18.0 Å². The minimum Gasteiger partial charge on any atom is -0.366 e. The maximum absolute atomic E-state index is 12.5. The van der Waals surface area contributed by atoms with E-state index in [0.29, 0.717) is 11.1 Å². The van der Waals surface area contributed by atoms with Gasteiger partial charge in [0.05, 0.1) is 5.56 Å². The molecule has 0 aromatic heterocycles. The lowest BCUT2D eigenvalue weighted by Gasteiger charge is -2.08. The Morgan fingerprint density at radius 1 is 1.00 bits per heavy atom. The molecule has 2 aromatic rings. The lowest BCUT2D eigenvalue weighted by molar-refractivity contribution is -0.137. The van der Waals surface area contributed by atoms with E-state index in [1.54, 1.807) is 0 Å². The van der Waals surface area contributed by atoms with Gasteiger partial charge in [0.25, 0.3) is 0 Å². The second-order valence-electron chi connectivity index (χ2n) is 4.30. The number of halogens is 3. The number of nitrogens with zero attached hydrogens (tertiary/aromatic N) is 1. The molecule has 108 valence electrons. The van der Waals surface area contributed by atoms with Crippen LogP contribution in [0.5, 0.6) is 0 Å². The molecule has 0 unspecified atom stereocenters. The van der Waals surface area contributed by atoms with Gasteiger partial charge in [-0.2, -0.15) is 13.2 Å². The van der Waals surface area contributed by atoms with E-state index in [2.05, 4.69) is 5.18 Å². The summed E-state index contributed by atoms with van der Waals surface area (Å²) in [6, 6.07) is 8.29. The second-order valence-corrected chi connectivity index (χ2v) is 4.30. The average Bonchev–Trinajstić information content (AvgIpc) is 2.46. The van der Waals surface area contributed by atoms with Crippen molar-refractivity contribution >= 4 is 11.6 Å². The Kier molecular flexibility index (Phi) is 3.75. The zero-order valence-corrected chi connectivity index (χ0v) is 10.5. The predicted molar refractivity (Wildman–Crippen MR) is 70.9 cm³/mol. The fraction of sp³-hybridized carbons (Fsp3) is 0.0714. The first-order valence-electron chi connectivity index (χ1n) is 5.77. The largest absolute Gasteiger partial charge is 0.416 e. The smallest absolute Gasteiger partial charge is 0.366 e. The molecule has 2 rings (SSSR count). The zero-order valence-electron chi connectivity index (χ0n) is 10.5. The quantitative estimate of drug-likeness (QED) is 0.873. The SMILES string of the molecule is NC(=O)c1cc(N=O)cc(-c2ccc(C(F)(F)F)cc2)c1. The summed E-state index contributed by atoms with van der Waals surface area (Å²) in [4.78, 5) is 21.8. The first-order chi connectivity index (χ1) is 9.81. The molecule has 4 nitrogen and oxygen atoms in total. The maximum atomic E-state index is 12.5. The number of nitrogens with two attached hydrogens (primary N) is 1. The van der Waals surface area contributed by atoms with E-state index in [9.17, 15) is 22.9 Å². The number of rotatable bonds is 3. The highest BCUT2D eigenvalue weighted by Crippen LogP contribution is 2.32. The number of hydrogen-bond acceptors (Lipinski definition) is 3. The third-order valence-electron chi connectivity index (χ3n) is 2.85. The van der Waals surface area contributed by atoms with Crippen LogP contribution in [0.15, 0.2) is 47.6 Å². The van der Waals surface area contributed by atoms with Crippen LogP contribution in [-0.2, 0) is 6.18 Å². The van der Waals surface area contributed by atoms with E-state index in [4.69, 9.17) is 5.73 Å². The molecule has 0 saturated carbocycles. The van der Waals surface area contributed by atoms with Crippen LogP contribution in [0.4, 0.5) is 18.9 Å². The van der Waals surface area contributed by atoms with Gasteiger partial charge in [0, 0.05) is 5.56 Å². The van der Waals surface area contributed by atoms with E-state index in [-0.39, 0.29) is 11.3 Å². The summed E-state index contributed by atoms with van der Waals surface area (Å²) in [5.41, 5.74) is 5.18. The van der Waals surface area contributed by atoms with E-state index >= 15 is 0 Å². The van der Waals surface area contributed by atoms with Crippen molar-refractivity contribution in [3.8, 4) is 11.1 Å². The molecule has 0 heterocycles. The molecular formula is C14H9F3N2O2. The Bertz CT molecular complexity index is 694. The molecule has 0 aliphatic carbocycles. The Hall–Kier alpha value is -2.70. The summed E-state index contributed by atoms with van der Waals surface area (Å²) >= 11 is 0. The fourth-order valence-electron chi connectivity index (χ4n) is 1.82. The van der Waals surface area contributed by atoms with Crippen molar-refractivity contribution in [3.05, 3.63) is 58.5 Å². The van der Waals surface area contributed by atoms with Crippen LogP contribution in [0.3, 0.4) is 0 Å². The van der Waals surface area contributed by atoms with Crippen molar-refractivity contribution in [2.45, 2.75) is 6.18 Å². The summed E-state index contributed by atoms with van der Waals surface area (Å²) in [6.45, 7) is 0. The molecule has 2 N–H and O–H groups in total. The molecule has 0 aliphatic heterocycles. The highest BCUT2D eigenvalue weighted by Gasteiger charge is 2.29. The lowest BCUT2D eigenvalue weighted by atomic mass is 10.0. The molecule has 0 fully saturated rings. The summed E-state index contributed by atoms with van der Waals surface area (Å²) < 4.78 is 37.5. The molecule has 0 saturated heterocycles. The Balaban J connectivity index is 2.48. The van der Waals surface area contributed by atoms with Gasteiger partial charge in [-0.3, -0.25) is 4.79 Å². The van der Waals surface area contributed by atoms with Gasteiger partial charge in [-0.1, -0.05) is 12.1 Å². The van der Waals surface area contributed by atoms with Gasteiger partial charge in [-0.25, -0.2) is 0 Å². The van der Waals surface area contributed by atoms with Gasteiger partial charge in [-0.05, 0) is 46.6 Å². The van der Waals surface area contributed by atoms with Gasteiger partial charge in [0.1, 0.15) is 5.69 Å². The standard InChI is InChI=1S/C14H9F3N2O2/c15-14(16,17)11-3-1-8(2-4-11)9-5-10(13(18)20)7-12(6-9)19-21/h1-7H,(H2,18,20). The molecule has 1 amide bonds. The van der Waals surface area contributed by atoms with Crippen LogP contribution < -0.4 is 5.73 Å². The van der Waals surface area contributed by atoms with Crippen molar-refractivity contribution in [2.24, 2.45) is 10.9 Å². The molecule has 2 aromatic carbocycles. The number of carbonyl (C=O) groups excluding carboxylic acids is 1. The molecule has 21 heavy (non-hydrogen) atoms. The normalized spacial score (nSPS) is 11.2. The first-order valence-corrected chi connectivity index (χ1v) is 5.77. The monoisotopic (exact) mass is 294 g/mol. The van der Waals surface area contributed by atoms with Crippen LogP contribution in [0.25, 0.3) is 11.1 Å². The molecule has 0 atom stereocenters. The fourth-order valence-corrected chi connectivity index (χ4v) is 1.82. The van der Waals surface area contributed by atoms with E-state index in [1.165, 1.54) is 30.3 Å². The summed E-state index contributed by atoms with van der Waals surface area (Å²) in [6.07, 6.45) is -4.43. The number of alkyl halides is 3. The highest BCUT2D eigenvalue weighted by molar-refractivity contribution is 5.95. The van der Waals surface area contributed by atoms with Crippen LogP contribution in [-0.4, -0.2) is 5.91 Å². The Labute approximate surface area is 117 Å². The lowest BCUT2D eigenvalue weighted by Crippen LogP contribution is -2.10. The number of amides is 1. The van der Waals surface area contributed by atoms with Crippen molar-refractivity contribution in [2.75, 3.05) is 0 Å². The van der Waals surface area contributed by atoms with Crippen LogP contribution >= 0.6 is 0 Å². The van der Waals surface area contributed by atoms with Crippen LogP contribution in [0, 0.1) is 4.91 Å². The maximum Gasteiger partial charge on any atom is 0.416 e. The average molecular weight is 294 g/mol. The number of hydrogen-bond donors (Lipinski definition) is 1. The summed E-state index contributed by atoms with van der Waals surface area (Å²) in [7, 11) is 0. The van der Waals surface area contributed by atoms with Gasteiger partial charge < -0.3 is 5.73 Å². The van der Waals surface area contributed by atoms with E-state index < -0.39 is 17.6 Å². The van der Waals surface area contributed by atoms with Crippen LogP contribution in [0.1, 0.15) is 15.9 Å². The molecule has 0 aliphatic rings. The van der Waals surface area contributed by atoms with Crippen molar-refractivity contribution in [1.82, 2.24) is 0 Å². The van der Waals surface area contributed by atoms with E-state index in [0.717, 1.165) is 12.1 Å². The molecule has 0 bridgehead atoms. The molecule has 7 heteroatoms. The van der Waals surface area contributed by atoms with Crippen molar-refractivity contribution in [3.63, 3.8) is 0 Å². The topological polar surface area (TPSA) is 72.5 Å². The molecular weight excluding hydrogens is 285 g/mol. The van der Waals surface area contributed by atoms with Gasteiger partial charge in [0.15, 0.2) is 0 Å². The minimum absolute atomic E-state index is 0.0267. The first kappa shape index (κ1) is 14.7. The van der Waals surface area contributed by atoms with Crippen molar-refractivity contribution in [1.29, 1.82) is 0 Å². The Morgan fingerprint density at radius 2 is 1.62 bits per heavy atom.